The molecular formula is C26H42N10O8. The van der Waals surface area contributed by atoms with Gasteiger partial charge in [0.05, 0.1) is 6.04 Å². The minimum absolute atomic E-state index is 0.0317. The number of carbonyl (C=O) groups is 5. The van der Waals surface area contributed by atoms with Crippen molar-refractivity contribution in [1.82, 2.24) is 16.0 Å². The van der Waals surface area contributed by atoms with Crippen LogP contribution >= 0.6 is 0 Å². The zero-order chi connectivity index (χ0) is 33.2. The van der Waals surface area contributed by atoms with Gasteiger partial charge >= 0.3 is 11.9 Å². The highest BCUT2D eigenvalue weighted by Gasteiger charge is 2.30. The van der Waals surface area contributed by atoms with Crippen molar-refractivity contribution in [3.05, 3.63) is 29.8 Å². The molecule has 244 valence electrons. The highest BCUT2D eigenvalue weighted by Crippen LogP contribution is 2.13. The van der Waals surface area contributed by atoms with Crippen molar-refractivity contribution in [3.8, 4) is 5.75 Å². The Bertz CT molecular complexity index is 1180. The van der Waals surface area contributed by atoms with Crippen molar-refractivity contribution >= 4 is 41.6 Å². The predicted molar refractivity (Wildman–Crippen MR) is 160 cm³/mol. The Balaban J connectivity index is 3.12. The first-order valence-electron chi connectivity index (χ1n) is 13.7. The van der Waals surface area contributed by atoms with Gasteiger partial charge in [-0.25, -0.2) is 4.79 Å². The summed E-state index contributed by atoms with van der Waals surface area (Å²) >= 11 is 0. The van der Waals surface area contributed by atoms with Crippen LogP contribution in [0.1, 0.15) is 44.1 Å². The van der Waals surface area contributed by atoms with Gasteiger partial charge in [-0.15, -0.1) is 0 Å². The third-order valence-electron chi connectivity index (χ3n) is 6.15. The number of hydrogen-bond acceptors (Lipinski definition) is 9. The van der Waals surface area contributed by atoms with Gasteiger partial charge in [0, 0.05) is 25.9 Å². The summed E-state index contributed by atoms with van der Waals surface area (Å²) in [4.78, 5) is 70.0. The van der Waals surface area contributed by atoms with Gasteiger partial charge in [0.15, 0.2) is 11.9 Å². The van der Waals surface area contributed by atoms with Crippen LogP contribution in [0.4, 0.5) is 0 Å². The van der Waals surface area contributed by atoms with E-state index in [0.29, 0.717) is 12.0 Å². The topological polar surface area (TPSA) is 337 Å². The minimum Gasteiger partial charge on any atom is -0.508 e. The summed E-state index contributed by atoms with van der Waals surface area (Å²) in [6.45, 7) is 0.336. The normalized spacial score (nSPS) is 13.3. The number of amides is 3. The largest absolute Gasteiger partial charge is 0.508 e. The van der Waals surface area contributed by atoms with Crippen molar-refractivity contribution in [2.45, 2.75) is 69.1 Å². The summed E-state index contributed by atoms with van der Waals surface area (Å²) in [6.07, 6.45) is -0.267. The molecule has 1 rings (SSSR count). The highest BCUT2D eigenvalue weighted by atomic mass is 16.4. The van der Waals surface area contributed by atoms with Crippen LogP contribution in [0.2, 0.25) is 0 Å². The van der Waals surface area contributed by atoms with E-state index in [1.807, 2.05) is 0 Å². The Hall–Kier alpha value is -5.13. The molecule has 0 spiro atoms. The smallest absolute Gasteiger partial charge is 0.326 e. The van der Waals surface area contributed by atoms with Crippen LogP contribution in [0.3, 0.4) is 0 Å². The van der Waals surface area contributed by atoms with Crippen molar-refractivity contribution in [1.29, 1.82) is 0 Å². The summed E-state index contributed by atoms with van der Waals surface area (Å²) in [6, 6.07) is 0.538. The molecule has 18 nitrogen and oxygen atoms in total. The van der Waals surface area contributed by atoms with E-state index >= 15 is 0 Å². The number of guanidine groups is 2. The molecule has 0 aliphatic heterocycles. The fourth-order valence-electron chi connectivity index (χ4n) is 3.85. The maximum absolute atomic E-state index is 13.3. The lowest BCUT2D eigenvalue weighted by Crippen LogP contribution is -2.57. The molecule has 4 atom stereocenters. The number of nitrogens with one attached hydrogen (secondary N) is 3. The van der Waals surface area contributed by atoms with E-state index in [4.69, 9.17) is 33.8 Å². The molecule has 4 unspecified atom stereocenters. The second kappa shape index (κ2) is 19.1. The van der Waals surface area contributed by atoms with Crippen LogP contribution in [-0.2, 0) is 30.4 Å². The van der Waals surface area contributed by atoms with Gasteiger partial charge in [-0.1, -0.05) is 12.1 Å². The van der Waals surface area contributed by atoms with Gasteiger partial charge in [-0.05, 0) is 49.8 Å². The van der Waals surface area contributed by atoms with Crippen LogP contribution in [0.5, 0.6) is 5.75 Å². The SMILES string of the molecule is NC(N)=NCCCC(N)C(=O)NC(CCC(=O)O)C(=O)NC(Cc1ccc(O)cc1)C(=O)NC(CCCN=C(N)N)C(=O)O. The summed E-state index contributed by atoms with van der Waals surface area (Å²) in [5, 5.41) is 35.7. The number of nitrogens with zero attached hydrogens (tertiary/aromatic N) is 2. The fourth-order valence-corrected chi connectivity index (χ4v) is 3.85. The number of rotatable bonds is 20. The number of phenols is 1. The van der Waals surface area contributed by atoms with E-state index in [9.17, 15) is 34.2 Å². The number of aliphatic carboxylic acids is 2. The highest BCUT2D eigenvalue weighted by molar-refractivity contribution is 5.94. The molecule has 0 aliphatic rings. The molecule has 16 N–H and O–H groups in total. The van der Waals surface area contributed by atoms with Crippen LogP contribution in [0, 0.1) is 0 Å². The minimum atomic E-state index is -1.40. The van der Waals surface area contributed by atoms with E-state index in [0.717, 1.165) is 0 Å². The van der Waals surface area contributed by atoms with Crippen LogP contribution < -0.4 is 44.6 Å². The maximum Gasteiger partial charge on any atom is 0.326 e. The Morgan fingerprint density at radius 3 is 1.73 bits per heavy atom. The molecule has 0 bridgehead atoms. The quantitative estimate of drug-likeness (QED) is 0.0387. The predicted octanol–water partition coefficient (Wildman–Crippen LogP) is -3.23. The monoisotopic (exact) mass is 622 g/mol. The first kappa shape index (κ1) is 36.9. The zero-order valence-electron chi connectivity index (χ0n) is 24.1. The number of carboxylic acid groups (broad SMARTS) is 2. The lowest BCUT2D eigenvalue weighted by molar-refractivity contribution is -0.142. The van der Waals surface area contributed by atoms with Crippen molar-refractivity contribution in [2.75, 3.05) is 13.1 Å². The first-order chi connectivity index (χ1) is 20.7. The third-order valence-corrected chi connectivity index (χ3v) is 6.15. The van der Waals surface area contributed by atoms with Gasteiger partial charge in [0.1, 0.15) is 23.9 Å². The molecule has 1 aromatic rings. The molecule has 0 aliphatic carbocycles. The molecule has 0 radical (unpaired) electrons. The number of carbonyl (C=O) groups excluding carboxylic acids is 3. The molecule has 0 saturated heterocycles. The summed E-state index contributed by atoms with van der Waals surface area (Å²) in [5.41, 5.74) is 27.5. The maximum atomic E-state index is 13.3. The Morgan fingerprint density at radius 2 is 1.20 bits per heavy atom. The molecule has 18 heteroatoms. The van der Waals surface area contributed by atoms with Crippen LogP contribution in [0.25, 0.3) is 0 Å². The van der Waals surface area contributed by atoms with Crippen molar-refractivity contribution in [3.63, 3.8) is 0 Å². The van der Waals surface area contributed by atoms with Gasteiger partial charge in [-0.3, -0.25) is 29.2 Å². The average molecular weight is 623 g/mol. The lowest BCUT2D eigenvalue weighted by Gasteiger charge is -2.25. The van der Waals surface area contributed by atoms with Crippen molar-refractivity contribution < 1.29 is 39.3 Å². The van der Waals surface area contributed by atoms with Gasteiger partial charge in [-0.2, -0.15) is 0 Å². The lowest BCUT2D eigenvalue weighted by atomic mass is 10.0. The van der Waals surface area contributed by atoms with Crippen LogP contribution in [-0.4, -0.2) is 94.2 Å². The average Bonchev–Trinajstić information content (AvgIpc) is 2.94. The number of nitrogens with two attached hydrogens (primary N) is 5. The Morgan fingerprint density at radius 1 is 0.705 bits per heavy atom. The molecule has 0 saturated carbocycles. The number of aliphatic imine (C=N–C) groups is 2. The Labute approximate surface area is 253 Å². The fraction of sp³-hybridized carbons (Fsp3) is 0.500. The number of hydrogen-bond donors (Lipinski definition) is 11. The third kappa shape index (κ3) is 15.2. The van der Waals surface area contributed by atoms with Gasteiger partial charge in [0.2, 0.25) is 17.7 Å². The Kier molecular flexibility index (Phi) is 16.0. The molecule has 44 heavy (non-hydrogen) atoms. The van der Waals surface area contributed by atoms with E-state index in [2.05, 4.69) is 25.9 Å². The molecule has 0 heterocycles. The second-order valence-electron chi connectivity index (χ2n) is 9.83. The number of carboxylic acids is 2. The van der Waals surface area contributed by atoms with E-state index in [1.165, 1.54) is 24.3 Å². The summed E-state index contributed by atoms with van der Waals surface area (Å²) in [7, 11) is 0. The van der Waals surface area contributed by atoms with Gasteiger partial charge in [0.25, 0.3) is 0 Å². The molecule has 3 amide bonds. The van der Waals surface area contributed by atoms with Gasteiger partial charge < -0.3 is 59.9 Å². The summed E-state index contributed by atoms with van der Waals surface area (Å²) < 4.78 is 0. The van der Waals surface area contributed by atoms with E-state index < -0.39 is 60.2 Å². The standard InChI is InChI=1S/C26H42N10O8/c27-16(3-1-11-32-25(28)29)21(40)34-17(9-10-20(38)39)22(41)36-19(13-14-5-7-15(37)8-6-14)23(42)35-18(24(43)44)4-2-12-33-26(30)31/h5-8,16-19,37H,1-4,9-13,27H2,(H,34,40)(H,35,42)(H,36,41)(H,38,39)(H,43,44)(H4,28,29,32)(H4,30,31,33). The van der Waals surface area contributed by atoms with E-state index in [-0.39, 0.29) is 62.9 Å². The zero-order valence-corrected chi connectivity index (χ0v) is 24.1. The van der Waals surface area contributed by atoms with Crippen LogP contribution in [0.15, 0.2) is 34.3 Å². The van der Waals surface area contributed by atoms with Crippen molar-refractivity contribution in [2.24, 2.45) is 38.7 Å². The van der Waals surface area contributed by atoms with E-state index in [1.54, 1.807) is 0 Å². The number of aromatic hydroxyl groups is 1. The second-order valence-corrected chi connectivity index (χ2v) is 9.83. The molecule has 0 fully saturated rings. The first-order valence-corrected chi connectivity index (χ1v) is 13.7. The molecule has 1 aromatic carbocycles. The molecular weight excluding hydrogens is 580 g/mol. The number of benzene rings is 1. The molecule has 0 aromatic heterocycles. The summed E-state index contributed by atoms with van der Waals surface area (Å²) in [5.74, 6) is -5.41. The number of phenolic OH excluding ortho intramolecular Hbond substituents is 1.